The lowest BCUT2D eigenvalue weighted by Gasteiger charge is -2.10. The van der Waals surface area contributed by atoms with Crippen LogP contribution in [0.25, 0.3) is 0 Å². The average Bonchev–Trinajstić information content (AvgIpc) is 2.66. The van der Waals surface area contributed by atoms with Gasteiger partial charge in [0.25, 0.3) is 0 Å². The van der Waals surface area contributed by atoms with Crippen LogP contribution in [0.5, 0.6) is 0 Å². The van der Waals surface area contributed by atoms with Crippen LogP contribution in [0.2, 0.25) is 0 Å². The van der Waals surface area contributed by atoms with Gasteiger partial charge in [0.15, 0.2) is 0 Å². The number of nitrogens with one attached hydrogen (secondary N) is 1. The van der Waals surface area contributed by atoms with Crippen LogP contribution < -0.4 is 11.1 Å². The van der Waals surface area contributed by atoms with Gasteiger partial charge in [0.2, 0.25) is 5.91 Å². The van der Waals surface area contributed by atoms with Crippen LogP contribution in [-0.4, -0.2) is 19.5 Å². The molecule has 1 atom stereocenters. The van der Waals surface area contributed by atoms with Crippen molar-refractivity contribution in [3.8, 4) is 0 Å². The minimum Gasteiger partial charge on any atom is -0.469 e. The number of hydrogen-bond donors (Lipinski definition) is 2. The molecule has 0 bridgehead atoms. The van der Waals surface area contributed by atoms with E-state index in [1.807, 2.05) is 6.07 Å². The first-order chi connectivity index (χ1) is 6.27. The maximum atomic E-state index is 11.1. The van der Waals surface area contributed by atoms with Crippen molar-refractivity contribution in [3.63, 3.8) is 0 Å². The van der Waals surface area contributed by atoms with E-state index < -0.39 is 0 Å². The maximum absolute atomic E-state index is 11.1. The first kappa shape index (κ1) is 9.80. The van der Waals surface area contributed by atoms with E-state index in [-0.39, 0.29) is 11.8 Å². The standard InChI is InChI=1S/C9H14N2O2/c1-11-9(12)5-7(6-10)8-3-2-4-13-8/h2-4,7H,5-6,10H2,1H3,(H,11,12)/t7-/m0/s1. The van der Waals surface area contributed by atoms with Crippen LogP contribution in [0.4, 0.5) is 0 Å². The second kappa shape index (κ2) is 4.67. The fourth-order valence-electron chi connectivity index (χ4n) is 1.15. The quantitative estimate of drug-likeness (QED) is 0.710. The number of furan rings is 1. The maximum Gasteiger partial charge on any atom is 0.220 e. The highest BCUT2D eigenvalue weighted by Gasteiger charge is 2.15. The van der Waals surface area contributed by atoms with Gasteiger partial charge in [-0.3, -0.25) is 4.79 Å². The lowest BCUT2D eigenvalue weighted by atomic mass is 10.0. The minimum absolute atomic E-state index is 0.0186. The minimum atomic E-state index is -0.0214. The molecule has 0 aliphatic rings. The zero-order valence-corrected chi connectivity index (χ0v) is 7.62. The summed E-state index contributed by atoms with van der Waals surface area (Å²) >= 11 is 0. The predicted octanol–water partition coefficient (Wildman–Crippen LogP) is 0.458. The Kier molecular flexibility index (Phi) is 3.52. The highest BCUT2D eigenvalue weighted by Crippen LogP contribution is 2.18. The first-order valence-corrected chi connectivity index (χ1v) is 4.22. The highest BCUT2D eigenvalue weighted by atomic mass is 16.3. The molecule has 0 saturated carbocycles. The summed E-state index contributed by atoms with van der Waals surface area (Å²) in [5.74, 6) is 0.730. The summed E-state index contributed by atoms with van der Waals surface area (Å²) in [6.07, 6.45) is 1.96. The lowest BCUT2D eigenvalue weighted by Crippen LogP contribution is -2.23. The molecule has 0 aliphatic heterocycles. The molecule has 1 aromatic rings. The van der Waals surface area contributed by atoms with Gasteiger partial charge in [-0.15, -0.1) is 0 Å². The number of hydrogen-bond acceptors (Lipinski definition) is 3. The molecule has 0 fully saturated rings. The van der Waals surface area contributed by atoms with Crippen molar-refractivity contribution in [3.05, 3.63) is 24.2 Å². The van der Waals surface area contributed by atoms with Crippen LogP contribution in [-0.2, 0) is 4.79 Å². The van der Waals surface area contributed by atoms with Gasteiger partial charge in [0.05, 0.1) is 6.26 Å². The molecule has 4 nitrogen and oxygen atoms in total. The molecule has 4 heteroatoms. The van der Waals surface area contributed by atoms with Crippen LogP contribution in [0.3, 0.4) is 0 Å². The molecule has 1 rings (SSSR count). The van der Waals surface area contributed by atoms with E-state index >= 15 is 0 Å². The van der Waals surface area contributed by atoms with E-state index in [1.54, 1.807) is 19.4 Å². The smallest absolute Gasteiger partial charge is 0.220 e. The largest absolute Gasteiger partial charge is 0.469 e. The number of amides is 1. The zero-order chi connectivity index (χ0) is 9.68. The van der Waals surface area contributed by atoms with Gasteiger partial charge in [0, 0.05) is 25.9 Å². The molecule has 0 saturated heterocycles. The molecule has 0 aromatic carbocycles. The lowest BCUT2D eigenvalue weighted by molar-refractivity contribution is -0.121. The Morgan fingerprint density at radius 3 is 3.00 bits per heavy atom. The molecule has 1 heterocycles. The summed E-state index contributed by atoms with van der Waals surface area (Å²) in [6.45, 7) is 0.418. The molecule has 1 aromatic heterocycles. The first-order valence-electron chi connectivity index (χ1n) is 4.22. The summed E-state index contributed by atoms with van der Waals surface area (Å²) in [6, 6.07) is 3.63. The van der Waals surface area contributed by atoms with E-state index in [9.17, 15) is 4.79 Å². The van der Waals surface area contributed by atoms with E-state index in [1.165, 1.54) is 0 Å². The van der Waals surface area contributed by atoms with E-state index in [4.69, 9.17) is 10.2 Å². The van der Waals surface area contributed by atoms with E-state index in [2.05, 4.69) is 5.32 Å². The normalized spacial score (nSPS) is 12.5. The number of nitrogens with two attached hydrogens (primary N) is 1. The summed E-state index contributed by atoms with van der Waals surface area (Å²) in [7, 11) is 1.61. The summed E-state index contributed by atoms with van der Waals surface area (Å²) in [5, 5.41) is 2.56. The van der Waals surface area contributed by atoms with Crippen molar-refractivity contribution >= 4 is 5.91 Å². The van der Waals surface area contributed by atoms with Crippen LogP contribution in [0, 0.1) is 0 Å². The third kappa shape index (κ3) is 2.59. The fraction of sp³-hybridized carbons (Fsp3) is 0.444. The molecule has 72 valence electrons. The number of rotatable bonds is 4. The third-order valence-electron chi connectivity index (χ3n) is 1.94. The number of carbonyl (C=O) groups is 1. The van der Waals surface area contributed by atoms with Crippen LogP contribution in [0.15, 0.2) is 22.8 Å². The van der Waals surface area contributed by atoms with Crippen LogP contribution in [0.1, 0.15) is 18.1 Å². The van der Waals surface area contributed by atoms with Gasteiger partial charge in [0.1, 0.15) is 5.76 Å². The van der Waals surface area contributed by atoms with Gasteiger partial charge in [-0.2, -0.15) is 0 Å². The topological polar surface area (TPSA) is 68.3 Å². The second-order valence-electron chi connectivity index (χ2n) is 2.83. The Balaban J connectivity index is 2.58. The number of carbonyl (C=O) groups excluding carboxylic acids is 1. The Bertz CT molecular complexity index is 257. The van der Waals surface area contributed by atoms with Gasteiger partial charge in [-0.25, -0.2) is 0 Å². The molecule has 13 heavy (non-hydrogen) atoms. The van der Waals surface area contributed by atoms with Crippen molar-refractivity contribution in [2.24, 2.45) is 5.73 Å². The molecule has 0 radical (unpaired) electrons. The van der Waals surface area contributed by atoms with Crippen molar-refractivity contribution in [2.75, 3.05) is 13.6 Å². The molecular weight excluding hydrogens is 168 g/mol. The summed E-state index contributed by atoms with van der Waals surface area (Å²) in [4.78, 5) is 11.1. The van der Waals surface area contributed by atoms with Crippen molar-refractivity contribution in [1.29, 1.82) is 0 Å². The zero-order valence-electron chi connectivity index (χ0n) is 7.62. The van der Waals surface area contributed by atoms with Crippen molar-refractivity contribution in [1.82, 2.24) is 5.32 Å². The molecular formula is C9H14N2O2. The average molecular weight is 182 g/mol. The Morgan fingerprint density at radius 1 is 1.77 bits per heavy atom. The van der Waals surface area contributed by atoms with Gasteiger partial charge < -0.3 is 15.5 Å². The molecule has 0 aliphatic carbocycles. The second-order valence-corrected chi connectivity index (χ2v) is 2.83. The molecule has 1 amide bonds. The third-order valence-corrected chi connectivity index (χ3v) is 1.94. The van der Waals surface area contributed by atoms with Gasteiger partial charge in [-0.1, -0.05) is 0 Å². The Morgan fingerprint density at radius 2 is 2.54 bits per heavy atom. The molecule has 3 N–H and O–H groups in total. The van der Waals surface area contributed by atoms with E-state index in [0.717, 1.165) is 5.76 Å². The Labute approximate surface area is 77.1 Å². The molecule has 0 unspecified atom stereocenters. The highest BCUT2D eigenvalue weighted by molar-refractivity contribution is 5.76. The summed E-state index contributed by atoms with van der Waals surface area (Å²) in [5.41, 5.74) is 5.53. The van der Waals surface area contributed by atoms with Crippen molar-refractivity contribution < 1.29 is 9.21 Å². The van der Waals surface area contributed by atoms with Gasteiger partial charge in [-0.05, 0) is 12.1 Å². The van der Waals surface area contributed by atoms with Crippen LogP contribution >= 0.6 is 0 Å². The van der Waals surface area contributed by atoms with Gasteiger partial charge >= 0.3 is 0 Å². The van der Waals surface area contributed by atoms with E-state index in [0.29, 0.717) is 13.0 Å². The Hall–Kier alpha value is -1.29. The predicted molar refractivity (Wildman–Crippen MR) is 49.2 cm³/mol. The summed E-state index contributed by atoms with van der Waals surface area (Å²) < 4.78 is 5.17. The molecule has 0 spiro atoms. The fourth-order valence-corrected chi connectivity index (χ4v) is 1.15. The monoisotopic (exact) mass is 182 g/mol. The van der Waals surface area contributed by atoms with Crippen molar-refractivity contribution in [2.45, 2.75) is 12.3 Å². The SMILES string of the molecule is CNC(=O)C[C@@H](CN)c1ccco1.